The Morgan fingerprint density at radius 1 is 1.46 bits per heavy atom. The van der Waals surface area contributed by atoms with Gasteiger partial charge in [0, 0.05) is 6.61 Å². The fourth-order valence-electron chi connectivity index (χ4n) is 0.648. The zero-order valence-corrected chi connectivity index (χ0v) is 7.90. The molecule has 0 saturated heterocycles. The van der Waals surface area contributed by atoms with Crippen LogP contribution in [-0.4, -0.2) is 31.4 Å². The van der Waals surface area contributed by atoms with Crippen LogP contribution in [0.25, 0.3) is 0 Å². The average Bonchev–Trinajstić information content (AvgIpc) is 2.05. The Morgan fingerprint density at radius 2 is 2.08 bits per heavy atom. The van der Waals surface area contributed by atoms with Gasteiger partial charge in [-0.1, -0.05) is 0 Å². The Hall–Kier alpha value is -1.10. The van der Waals surface area contributed by atoms with Gasteiger partial charge in [0.15, 0.2) is 12.4 Å². The van der Waals surface area contributed by atoms with E-state index in [4.69, 9.17) is 9.47 Å². The quantitative estimate of drug-likeness (QED) is 0.446. The van der Waals surface area contributed by atoms with Gasteiger partial charge in [0.05, 0.1) is 0 Å². The maximum atomic E-state index is 11.0. The average molecular weight is 189 g/mol. The standard InChI is InChI=1S/C8H13O5/c1-4-11-7(3)13-8(10)6(2)12-5-9/h6-7H,4H2,1-3H3. The highest BCUT2D eigenvalue weighted by molar-refractivity contribution is 5.75. The summed E-state index contributed by atoms with van der Waals surface area (Å²) < 4.78 is 13.9. The van der Waals surface area contributed by atoms with E-state index < -0.39 is 18.4 Å². The van der Waals surface area contributed by atoms with Gasteiger partial charge in [-0.25, -0.2) is 9.59 Å². The molecule has 5 nitrogen and oxygen atoms in total. The van der Waals surface area contributed by atoms with Gasteiger partial charge >= 0.3 is 12.4 Å². The third-order valence-electron chi connectivity index (χ3n) is 1.24. The number of carbonyl (C=O) groups excluding carboxylic acids is 2. The van der Waals surface area contributed by atoms with Crippen molar-refractivity contribution in [2.24, 2.45) is 0 Å². The highest BCUT2D eigenvalue weighted by Crippen LogP contribution is 1.99. The number of carbonyl (C=O) groups is 1. The maximum absolute atomic E-state index is 11.0. The molecule has 0 bridgehead atoms. The van der Waals surface area contributed by atoms with E-state index in [2.05, 4.69) is 4.74 Å². The van der Waals surface area contributed by atoms with E-state index in [1.54, 1.807) is 13.8 Å². The van der Waals surface area contributed by atoms with Gasteiger partial charge in [-0.05, 0) is 20.8 Å². The number of esters is 1. The second-order valence-electron chi connectivity index (χ2n) is 2.30. The van der Waals surface area contributed by atoms with Crippen molar-refractivity contribution in [3.05, 3.63) is 0 Å². The highest BCUT2D eigenvalue weighted by Gasteiger charge is 2.18. The summed E-state index contributed by atoms with van der Waals surface area (Å²) in [4.78, 5) is 20.8. The molecule has 0 aliphatic carbocycles. The Morgan fingerprint density at radius 3 is 2.54 bits per heavy atom. The molecule has 1 radical (unpaired) electrons. The second kappa shape index (κ2) is 6.42. The van der Waals surface area contributed by atoms with Gasteiger partial charge in [-0.2, -0.15) is 0 Å². The normalized spacial score (nSPS) is 14.4. The number of ether oxygens (including phenoxy) is 3. The monoisotopic (exact) mass is 189 g/mol. The van der Waals surface area contributed by atoms with Crippen molar-refractivity contribution < 1.29 is 23.8 Å². The molecule has 0 fully saturated rings. The minimum Gasteiger partial charge on any atom is -0.442 e. The third-order valence-corrected chi connectivity index (χ3v) is 1.24. The molecule has 0 rings (SSSR count). The predicted molar refractivity (Wildman–Crippen MR) is 43.4 cm³/mol. The zero-order valence-electron chi connectivity index (χ0n) is 7.90. The van der Waals surface area contributed by atoms with Gasteiger partial charge in [0.25, 0.3) is 0 Å². The van der Waals surface area contributed by atoms with E-state index in [9.17, 15) is 9.59 Å². The summed E-state index contributed by atoms with van der Waals surface area (Å²) in [6, 6.07) is 0. The molecule has 0 heterocycles. The maximum Gasteiger partial charge on any atom is 0.418 e. The van der Waals surface area contributed by atoms with Crippen LogP contribution in [0.2, 0.25) is 0 Å². The van der Waals surface area contributed by atoms with Gasteiger partial charge in [-0.15, -0.1) is 0 Å². The number of rotatable bonds is 6. The molecule has 2 atom stereocenters. The molecule has 75 valence electrons. The molecular formula is C8H13O5. The lowest BCUT2D eigenvalue weighted by molar-refractivity contribution is -0.181. The molecule has 5 heteroatoms. The summed E-state index contributed by atoms with van der Waals surface area (Å²) in [5, 5.41) is 0. The molecule has 2 unspecified atom stereocenters. The summed E-state index contributed by atoms with van der Waals surface area (Å²) in [5.74, 6) is -0.649. The molecule has 0 spiro atoms. The molecule has 0 aliphatic heterocycles. The molecule has 0 aliphatic rings. The van der Waals surface area contributed by atoms with Crippen LogP contribution in [0.5, 0.6) is 0 Å². The van der Waals surface area contributed by atoms with Crippen LogP contribution >= 0.6 is 0 Å². The van der Waals surface area contributed by atoms with Crippen molar-refractivity contribution in [1.82, 2.24) is 0 Å². The predicted octanol–water partition coefficient (Wildman–Crippen LogP) is 0.384. The SMILES string of the molecule is CCOC(C)OC(=O)C(C)O[C]=O. The van der Waals surface area contributed by atoms with Crippen molar-refractivity contribution >= 4 is 12.4 Å². The van der Waals surface area contributed by atoms with Crippen molar-refractivity contribution in [2.75, 3.05) is 6.61 Å². The van der Waals surface area contributed by atoms with Crippen LogP contribution in [0, 0.1) is 0 Å². The van der Waals surface area contributed by atoms with Crippen LogP contribution in [0.4, 0.5) is 0 Å². The minimum absolute atomic E-state index is 0.448. The Kier molecular flexibility index (Phi) is 5.88. The summed E-state index contributed by atoms with van der Waals surface area (Å²) in [6.45, 7) is 6.37. The van der Waals surface area contributed by atoms with E-state index in [0.717, 1.165) is 6.47 Å². The van der Waals surface area contributed by atoms with Crippen molar-refractivity contribution in [3.63, 3.8) is 0 Å². The topological polar surface area (TPSA) is 61.8 Å². The van der Waals surface area contributed by atoms with Crippen LogP contribution in [0.15, 0.2) is 0 Å². The van der Waals surface area contributed by atoms with Gasteiger partial charge < -0.3 is 14.2 Å². The molecule has 0 saturated carbocycles. The second-order valence-corrected chi connectivity index (χ2v) is 2.30. The van der Waals surface area contributed by atoms with Gasteiger partial charge in [0.1, 0.15) is 0 Å². The van der Waals surface area contributed by atoms with Crippen LogP contribution < -0.4 is 0 Å². The lowest BCUT2D eigenvalue weighted by Crippen LogP contribution is -2.27. The summed E-state index contributed by atoms with van der Waals surface area (Å²) in [7, 11) is 0. The lowest BCUT2D eigenvalue weighted by atomic mass is 10.4. The third kappa shape index (κ3) is 5.19. The van der Waals surface area contributed by atoms with E-state index >= 15 is 0 Å². The first-order valence-electron chi connectivity index (χ1n) is 3.96. The van der Waals surface area contributed by atoms with Crippen molar-refractivity contribution in [3.8, 4) is 0 Å². The number of hydrogen-bond acceptors (Lipinski definition) is 5. The van der Waals surface area contributed by atoms with E-state index in [0.29, 0.717) is 6.61 Å². The van der Waals surface area contributed by atoms with Crippen molar-refractivity contribution in [2.45, 2.75) is 33.2 Å². The summed E-state index contributed by atoms with van der Waals surface area (Å²) in [5.41, 5.74) is 0. The van der Waals surface area contributed by atoms with Crippen LogP contribution in [-0.2, 0) is 23.8 Å². The fourth-order valence-corrected chi connectivity index (χ4v) is 0.648. The Bertz CT molecular complexity index is 168. The Balaban J connectivity index is 3.77. The van der Waals surface area contributed by atoms with Crippen LogP contribution in [0.1, 0.15) is 20.8 Å². The highest BCUT2D eigenvalue weighted by atomic mass is 16.7. The molecule has 0 aromatic rings. The smallest absolute Gasteiger partial charge is 0.418 e. The molecule has 13 heavy (non-hydrogen) atoms. The van der Waals surface area contributed by atoms with Crippen molar-refractivity contribution in [1.29, 1.82) is 0 Å². The lowest BCUT2D eigenvalue weighted by Gasteiger charge is -2.14. The molecule has 0 aromatic heterocycles. The molecular weight excluding hydrogens is 176 g/mol. The first kappa shape index (κ1) is 11.9. The van der Waals surface area contributed by atoms with E-state index in [-0.39, 0.29) is 0 Å². The number of hydrogen-bond donors (Lipinski definition) is 0. The first-order valence-corrected chi connectivity index (χ1v) is 3.96. The summed E-state index contributed by atoms with van der Waals surface area (Å²) >= 11 is 0. The largest absolute Gasteiger partial charge is 0.442 e. The Labute approximate surface area is 77.0 Å². The van der Waals surface area contributed by atoms with E-state index in [1.807, 2.05) is 0 Å². The van der Waals surface area contributed by atoms with Crippen LogP contribution in [0.3, 0.4) is 0 Å². The molecule has 0 amide bonds. The zero-order chi connectivity index (χ0) is 10.3. The molecule has 0 aromatic carbocycles. The molecule has 0 N–H and O–H groups in total. The minimum atomic E-state index is -0.944. The van der Waals surface area contributed by atoms with Gasteiger partial charge in [-0.3, -0.25) is 0 Å². The fraction of sp³-hybridized carbons (Fsp3) is 0.750. The summed E-state index contributed by atoms with van der Waals surface area (Å²) in [6.07, 6.45) is -1.57. The first-order chi connectivity index (χ1) is 6.11. The van der Waals surface area contributed by atoms with E-state index in [1.165, 1.54) is 6.92 Å². The van der Waals surface area contributed by atoms with Gasteiger partial charge in [0.2, 0.25) is 0 Å².